The van der Waals surface area contributed by atoms with Crippen molar-refractivity contribution in [3.8, 4) is 0 Å². The summed E-state index contributed by atoms with van der Waals surface area (Å²) in [6.07, 6.45) is 1.36. The van der Waals surface area contributed by atoms with Gasteiger partial charge in [-0.05, 0) is 44.9 Å². The molecule has 1 atom stereocenters. The Hall–Kier alpha value is -2.08. The number of benzene rings is 1. The van der Waals surface area contributed by atoms with Crippen molar-refractivity contribution in [3.63, 3.8) is 0 Å². The van der Waals surface area contributed by atoms with E-state index in [1.54, 1.807) is 6.07 Å². The minimum atomic E-state index is -0.314. The van der Waals surface area contributed by atoms with Crippen LogP contribution in [0.25, 0.3) is 11.0 Å². The first-order valence-electron chi connectivity index (χ1n) is 7.34. The number of hydrogen-bond donors (Lipinski definition) is 3. The van der Waals surface area contributed by atoms with Crippen LogP contribution in [0.15, 0.2) is 22.6 Å². The van der Waals surface area contributed by atoms with Crippen LogP contribution in [0.4, 0.5) is 9.18 Å². The summed E-state index contributed by atoms with van der Waals surface area (Å²) in [6.45, 7) is 4.07. The fraction of sp³-hybridized carbons (Fsp3) is 0.438. The Morgan fingerprint density at radius 2 is 2.23 bits per heavy atom. The number of rotatable bonds is 6. The number of carbonyl (C=O) groups excluding carboxylic acids is 1. The number of amides is 2. The Balaban J connectivity index is 1.94. The van der Waals surface area contributed by atoms with Gasteiger partial charge < -0.3 is 20.2 Å². The molecule has 2 rings (SSSR count). The largest absolute Gasteiger partial charge is 0.459 e. The molecule has 0 aliphatic carbocycles. The molecule has 2 aromatic rings. The van der Waals surface area contributed by atoms with Crippen molar-refractivity contribution >= 4 is 17.0 Å². The first kappa shape index (κ1) is 16.3. The Morgan fingerprint density at radius 1 is 1.45 bits per heavy atom. The highest BCUT2D eigenvalue weighted by Crippen LogP contribution is 2.25. The van der Waals surface area contributed by atoms with E-state index in [2.05, 4.69) is 10.6 Å². The van der Waals surface area contributed by atoms with Gasteiger partial charge in [-0.3, -0.25) is 0 Å². The van der Waals surface area contributed by atoms with Crippen molar-refractivity contribution in [1.82, 2.24) is 10.6 Å². The summed E-state index contributed by atoms with van der Waals surface area (Å²) >= 11 is 0. The smallest absolute Gasteiger partial charge is 0.315 e. The lowest BCUT2D eigenvalue weighted by molar-refractivity contribution is 0.233. The Bertz CT molecular complexity index is 654. The van der Waals surface area contributed by atoms with Crippen LogP contribution in [0.1, 0.15) is 31.1 Å². The summed E-state index contributed by atoms with van der Waals surface area (Å²) in [6, 6.07) is 4.04. The third-order valence-corrected chi connectivity index (χ3v) is 3.58. The summed E-state index contributed by atoms with van der Waals surface area (Å²) in [4.78, 5) is 11.8. The lowest BCUT2D eigenvalue weighted by Crippen LogP contribution is -2.40. The van der Waals surface area contributed by atoms with Crippen LogP contribution >= 0.6 is 0 Å². The number of fused-ring (bicyclic) bond motifs is 1. The molecule has 0 saturated heterocycles. The zero-order valence-corrected chi connectivity index (χ0v) is 12.8. The molecule has 1 aromatic heterocycles. The zero-order chi connectivity index (χ0) is 16.1. The maximum Gasteiger partial charge on any atom is 0.315 e. The van der Waals surface area contributed by atoms with Gasteiger partial charge in [-0.2, -0.15) is 0 Å². The monoisotopic (exact) mass is 308 g/mol. The van der Waals surface area contributed by atoms with E-state index in [-0.39, 0.29) is 31.0 Å². The molecule has 1 heterocycles. The number of aliphatic hydroxyl groups is 1. The summed E-state index contributed by atoms with van der Waals surface area (Å²) in [5.74, 6) is 0.296. The second-order valence-electron chi connectivity index (χ2n) is 5.38. The van der Waals surface area contributed by atoms with Crippen LogP contribution < -0.4 is 10.6 Å². The average Bonchev–Trinajstić information content (AvgIpc) is 2.79. The molecule has 0 radical (unpaired) electrons. The summed E-state index contributed by atoms with van der Waals surface area (Å²) < 4.78 is 18.9. The first-order valence-corrected chi connectivity index (χ1v) is 7.34. The Labute approximate surface area is 128 Å². The number of furan rings is 1. The van der Waals surface area contributed by atoms with Crippen LogP contribution in [0, 0.1) is 12.7 Å². The van der Waals surface area contributed by atoms with Gasteiger partial charge in [0.2, 0.25) is 0 Å². The lowest BCUT2D eigenvalue weighted by Gasteiger charge is -2.13. The van der Waals surface area contributed by atoms with Gasteiger partial charge >= 0.3 is 6.03 Å². The molecule has 1 unspecified atom stereocenters. The molecule has 6 heteroatoms. The minimum Gasteiger partial charge on any atom is -0.459 e. The first-order chi connectivity index (χ1) is 10.5. The van der Waals surface area contributed by atoms with Crippen molar-refractivity contribution < 1.29 is 18.7 Å². The van der Waals surface area contributed by atoms with E-state index >= 15 is 0 Å². The molecule has 0 saturated carbocycles. The molecule has 0 bridgehead atoms. The number of nitrogens with one attached hydrogen (secondary N) is 2. The lowest BCUT2D eigenvalue weighted by atomic mass is 10.1. The Morgan fingerprint density at radius 3 is 2.95 bits per heavy atom. The van der Waals surface area contributed by atoms with Gasteiger partial charge in [-0.25, -0.2) is 9.18 Å². The molecule has 0 fully saturated rings. The molecule has 2 amide bonds. The molecule has 120 valence electrons. The van der Waals surface area contributed by atoms with Gasteiger partial charge in [0.15, 0.2) is 0 Å². The highest BCUT2D eigenvalue weighted by atomic mass is 19.1. The number of hydrogen-bond acceptors (Lipinski definition) is 3. The highest BCUT2D eigenvalue weighted by Gasteiger charge is 2.13. The quantitative estimate of drug-likeness (QED) is 0.768. The average molecular weight is 308 g/mol. The topological polar surface area (TPSA) is 74.5 Å². The fourth-order valence-corrected chi connectivity index (χ4v) is 2.32. The molecular formula is C16H21FN2O3. The maximum absolute atomic E-state index is 13.2. The molecule has 5 nitrogen and oxygen atoms in total. The molecular weight excluding hydrogens is 287 g/mol. The number of halogens is 1. The van der Waals surface area contributed by atoms with Crippen molar-refractivity contribution in [2.75, 3.05) is 6.61 Å². The van der Waals surface area contributed by atoms with E-state index in [1.807, 2.05) is 13.8 Å². The summed E-state index contributed by atoms with van der Waals surface area (Å²) in [7, 11) is 0. The summed E-state index contributed by atoms with van der Waals surface area (Å²) in [5, 5.41) is 15.0. The van der Waals surface area contributed by atoms with Crippen molar-refractivity contribution in [3.05, 3.63) is 35.3 Å². The molecule has 1 aromatic carbocycles. The van der Waals surface area contributed by atoms with Crippen LogP contribution in [-0.4, -0.2) is 23.8 Å². The molecule has 0 aliphatic heterocycles. The predicted molar refractivity (Wildman–Crippen MR) is 82.1 cm³/mol. The third-order valence-electron chi connectivity index (χ3n) is 3.58. The van der Waals surface area contributed by atoms with Crippen LogP contribution in [-0.2, 0) is 6.54 Å². The van der Waals surface area contributed by atoms with E-state index < -0.39 is 0 Å². The highest BCUT2D eigenvalue weighted by molar-refractivity contribution is 5.82. The molecule has 0 aliphatic rings. The molecule has 22 heavy (non-hydrogen) atoms. The molecule has 3 N–H and O–H groups in total. The van der Waals surface area contributed by atoms with Gasteiger partial charge in [-0.15, -0.1) is 0 Å². The SMILES string of the molecule is Cc1c(CNC(=O)NC(C)CCCO)oc2ccc(F)cc12. The number of urea groups is 1. The van der Waals surface area contributed by atoms with Crippen LogP contribution in [0.2, 0.25) is 0 Å². The van der Waals surface area contributed by atoms with Gasteiger partial charge in [0.05, 0.1) is 6.54 Å². The second kappa shape index (κ2) is 7.26. The van der Waals surface area contributed by atoms with E-state index in [4.69, 9.17) is 9.52 Å². The number of aliphatic hydroxyl groups excluding tert-OH is 1. The number of aryl methyl sites for hydroxylation is 1. The van der Waals surface area contributed by atoms with Crippen LogP contribution in [0.3, 0.4) is 0 Å². The zero-order valence-electron chi connectivity index (χ0n) is 12.8. The van der Waals surface area contributed by atoms with E-state index in [9.17, 15) is 9.18 Å². The van der Waals surface area contributed by atoms with Gasteiger partial charge in [0, 0.05) is 23.6 Å². The third kappa shape index (κ3) is 3.98. The normalized spacial score (nSPS) is 12.4. The van der Waals surface area contributed by atoms with Gasteiger partial charge in [0.1, 0.15) is 17.2 Å². The van der Waals surface area contributed by atoms with Crippen molar-refractivity contribution in [2.45, 2.75) is 39.3 Å². The van der Waals surface area contributed by atoms with E-state index in [1.165, 1.54) is 12.1 Å². The number of carbonyl (C=O) groups is 1. The minimum absolute atomic E-state index is 0.0157. The van der Waals surface area contributed by atoms with E-state index in [0.717, 1.165) is 5.56 Å². The Kier molecular flexibility index (Phi) is 5.38. The second-order valence-corrected chi connectivity index (χ2v) is 5.38. The van der Waals surface area contributed by atoms with Crippen molar-refractivity contribution in [1.29, 1.82) is 0 Å². The van der Waals surface area contributed by atoms with Gasteiger partial charge in [-0.1, -0.05) is 0 Å². The standard InChI is InChI=1S/C16H21FN2O3/c1-10(4-3-7-20)19-16(21)18-9-15-11(2)13-8-12(17)5-6-14(13)22-15/h5-6,8,10,20H,3-4,7,9H2,1-2H3,(H2,18,19,21). The molecule has 0 spiro atoms. The fourth-order valence-electron chi connectivity index (χ4n) is 2.32. The van der Waals surface area contributed by atoms with Gasteiger partial charge in [0.25, 0.3) is 0 Å². The summed E-state index contributed by atoms with van der Waals surface area (Å²) in [5.41, 5.74) is 1.43. The predicted octanol–water partition coefficient (Wildman–Crippen LogP) is 2.84. The van der Waals surface area contributed by atoms with Crippen LogP contribution in [0.5, 0.6) is 0 Å². The van der Waals surface area contributed by atoms with Crippen molar-refractivity contribution in [2.24, 2.45) is 0 Å². The van der Waals surface area contributed by atoms with E-state index in [0.29, 0.717) is 29.6 Å². The maximum atomic E-state index is 13.2.